The monoisotopic (exact) mass is 281 g/mol. The molecule has 2 rings (SSSR count). The summed E-state index contributed by atoms with van der Waals surface area (Å²) in [5.41, 5.74) is 1.72. The quantitative estimate of drug-likeness (QED) is 0.884. The zero-order valence-electron chi connectivity index (χ0n) is 11.4. The van der Waals surface area contributed by atoms with E-state index in [2.05, 4.69) is 29.0 Å². The van der Waals surface area contributed by atoms with E-state index in [9.17, 15) is 8.78 Å². The fraction of sp³-hybridized carbons (Fsp3) is 0.357. The van der Waals surface area contributed by atoms with Gasteiger partial charge in [0, 0.05) is 18.8 Å². The van der Waals surface area contributed by atoms with Crippen molar-refractivity contribution >= 4 is 0 Å². The number of hydrogen-bond donors (Lipinski definition) is 1. The summed E-state index contributed by atoms with van der Waals surface area (Å²) in [7, 11) is 0. The van der Waals surface area contributed by atoms with Gasteiger partial charge in [-0.1, -0.05) is 13.8 Å². The molecule has 0 spiro atoms. The fourth-order valence-electron chi connectivity index (χ4n) is 1.69. The van der Waals surface area contributed by atoms with Gasteiger partial charge in [0.2, 0.25) is 0 Å². The third-order valence-electron chi connectivity index (χ3n) is 2.66. The van der Waals surface area contributed by atoms with Gasteiger partial charge >= 0.3 is 6.61 Å². The molecule has 1 aromatic heterocycles. The van der Waals surface area contributed by atoms with Crippen LogP contribution < -0.4 is 10.1 Å². The molecule has 0 unspecified atom stereocenters. The van der Waals surface area contributed by atoms with Crippen molar-refractivity contribution in [3.8, 4) is 11.4 Å². The van der Waals surface area contributed by atoms with E-state index in [-0.39, 0.29) is 5.75 Å². The Labute approximate surface area is 116 Å². The maximum Gasteiger partial charge on any atom is 0.387 e. The molecule has 0 aliphatic rings. The molecule has 4 nitrogen and oxygen atoms in total. The van der Waals surface area contributed by atoms with Gasteiger partial charge in [-0.05, 0) is 30.3 Å². The smallest absolute Gasteiger partial charge is 0.387 e. The number of benzene rings is 1. The molecule has 0 atom stereocenters. The first-order valence-electron chi connectivity index (χ1n) is 6.38. The third-order valence-corrected chi connectivity index (χ3v) is 2.66. The molecule has 2 aromatic rings. The molecule has 20 heavy (non-hydrogen) atoms. The Hall–Kier alpha value is -1.95. The Balaban J connectivity index is 2.04. The summed E-state index contributed by atoms with van der Waals surface area (Å²) in [5.74, 6) is 0.137. The van der Waals surface area contributed by atoms with Gasteiger partial charge in [-0.2, -0.15) is 13.9 Å². The molecule has 0 aliphatic carbocycles. The van der Waals surface area contributed by atoms with Crippen molar-refractivity contribution in [2.75, 3.05) is 0 Å². The number of nitrogens with one attached hydrogen (secondary N) is 1. The van der Waals surface area contributed by atoms with Crippen LogP contribution in [0.15, 0.2) is 36.5 Å². The minimum absolute atomic E-state index is 0.137. The van der Waals surface area contributed by atoms with Crippen molar-refractivity contribution in [3.63, 3.8) is 0 Å². The first-order valence-corrected chi connectivity index (χ1v) is 6.38. The second-order valence-electron chi connectivity index (χ2n) is 4.66. The van der Waals surface area contributed by atoms with Crippen LogP contribution in [0, 0.1) is 0 Å². The molecular formula is C14H17F2N3O. The molecule has 0 fully saturated rings. The Morgan fingerprint density at radius 2 is 1.90 bits per heavy atom. The van der Waals surface area contributed by atoms with Crippen LogP contribution in [0.1, 0.15) is 19.5 Å². The Morgan fingerprint density at radius 1 is 1.20 bits per heavy atom. The van der Waals surface area contributed by atoms with Crippen molar-refractivity contribution in [1.82, 2.24) is 15.1 Å². The van der Waals surface area contributed by atoms with Gasteiger partial charge in [0.15, 0.2) is 0 Å². The molecular weight excluding hydrogens is 264 g/mol. The van der Waals surface area contributed by atoms with E-state index in [4.69, 9.17) is 0 Å². The maximum absolute atomic E-state index is 12.1. The molecule has 1 aromatic carbocycles. The van der Waals surface area contributed by atoms with E-state index in [1.54, 1.807) is 16.8 Å². The van der Waals surface area contributed by atoms with Crippen LogP contribution in [0.3, 0.4) is 0 Å². The topological polar surface area (TPSA) is 39.1 Å². The van der Waals surface area contributed by atoms with E-state index < -0.39 is 6.61 Å². The third kappa shape index (κ3) is 4.03. The molecule has 0 saturated heterocycles. The minimum Gasteiger partial charge on any atom is -0.435 e. The zero-order chi connectivity index (χ0) is 14.5. The normalized spacial score (nSPS) is 11.3. The van der Waals surface area contributed by atoms with Crippen molar-refractivity contribution in [2.45, 2.75) is 33.0 Å². The number of rotatable bonds is 6. The summed E-state index contributed by atoms with van der Waals surface area (Å²) >= 11 is 0. The Bertz CT molecular complexity index is 538. The number of halogens is 2. The van der Waals surface area contributed by atoms with E-state index >= 15 is 0 Å². The predicted molar refractivity (Wildman–Crippen MR) is 72.2 cm³/mol. The lowest BCUT2D eigenvalue weighted by Gasteiger charge is -2.06. The van der Waals surface area contributed by atoms with Crippen LogP contribution in [0.5, 0.6) is 5.75 Å². The van der Waals surface area contributed by atoms with Crippen LogP contribution in [0.25, 0.3) is 5.69 Å². The molecule has 1 N–H and O–H groups in total. The first kappa shape index (κ1) is 14.5. The molecule has 0 aliphatic heterocycles. The maximum atomic E-state index is 12.1. The largest absolute Gasteiger partial charge is 0.435 e. The average molecular weight is 281 g/mol. The van der Waals surface area contributed by atoms with E-state index in [1.807, 2.05) is 12.3 Å². The van der Waals surface area contributed by atoms with Gasteiger partial charge in [0.05, 0.1) is 11.4 Å². The summed E-state index contributed by atoms with van der Waals surface area (Å²) in [4.78, 5) is 0. The molecule has 0 bridgehead atoms. The highest BCUT2D eigenvalue weighted by Crippen LogP contribution is 2.17. The lowest BCUT2D eigenvalue weighted by atomic mass is 10.3. The summed E-state index contributed by atoms with van der Waals surface area (Å²) in [6.07, 6.45) is 1.83. The van der Waals surface area contributed by atoms with E-state index in [1.165, 1.54) is 12.1 Å². The van der Waals surface area contributed by atoms with Crippen molar-refractivity contribution in [3.05, 3.63) is 42.2 Å². The number of aromatic nitrogens is 2. The van der Waals surface area contributed by atoms with Crippen molar-refractivity contribution in [1.29, 1.82) is 0 Å². The second kappa shape index (κ2) is 6.47. The molecule has 0 radical (unpaired) electrons. The van der Waals surface area contributed by atoms with Gasteiger partial charge in [-0.3, -0.25) is 0 Å². The van der Waals surface area contributed by atoms with Crippen molar-refractivity contribution in [2.24, 2.45) is 0 Å². The summed E-state index contributed by atoms with van der Waals surface area (Å²) in [5, 5.41) is 7.69. The number of hydrogen-bond acceptors (Lipinski definition) is 3. The van der Waals surface area contributed by atoms with Crippen LogP contribution in [-0.4, -0.2) is 22.4 Å². The van der Waals surface area contributed by atoms with Crippen LogP contribution >= 0.6 is 0 Å². The first-order chi connectivity index (χ1) is 9.54. The summed E-state index contributed by atoms with van der Waals surface area (Å²) in [6.45, 7) is 2.02. The van der Waals surface area contributed by atoms with E-state index in [0.29, 0.717) is 12.6 Å². The van der Waals surface area contributed by atoms with E-state index in [0.717, 1.165) is 11.4 Å². The average Bonchev–Trinajstić information content (AvgIpc) is 2.85. The van der Waals surface area contributed by atoms with Gasteiger partial charge < -0.3 is 10.1 Å². The van der Waals surface area contributed by atoms with Gasteiger partial charge in [0.1, 0.15) is 5.75 Å². The van der Waals surface area contributed by atoms with Crippen LogP contribution in [0.4, 0.5) is 8.78 Å². The molecule has 1 heterocycles. The lowest BCUT2D eigenvalue weighted by molar-refractivity contribution is -0.0498. The highest BCUT2D eigenvalue weighted by Gasteiger charge is 2.05. The minimum atomic E-state index is -2.81. The number of nitrogens with zero attached hydrogens (tertiary/aromatic N) is 2. The second-order valence-corrected chi connectivity index (χ2v) is 4.66. The zero-order valence-corrected chi connectivity index (χ0v) is 11.4. The molecule has 108 valence electrons. The van der Waals surface area contributed by atoms with Crippen molar-refractivity contribution < 1.29 is 13.5 Å². The fourth-order valence-corrected chi connectivity index (χ4v) is 1.69. The molecule has 0 amide bonds. The highest BCUT2D eigenvalue weighted by atomic mass is 19.3. The van der Waals surface area contributed by atoms with Gasteiger partial charge in [-0.15, -0.1) is 0 Å². The van der Waals surface area contributed by atoms with Gasteiger partial charge in [-0.25, -0.2) is 4.68 Å². The SMILES string of the molecule is CC(C)NCc1ccn(-c2ccc(OC(F)F)cc2)n1. The molecule has 6 heteroatoms. The molecule has 0 saturated carbocycles. The summed E-state index contributed by atoms with van der Waals surface area (Å²) in [6, 6.07) is 8.67. The Kier molecular flexibility index (Phi) is 4.68. The summed E-state index contributed by atoms with van der Waals surface area (Å²) < 4.78 is 30.1. The number of ether oxygens (including phenoxy) is 1. The van der Waals surface area contributed by atoms with Gasteiger partial charge in [0.25, 0.3) is 0 Å². The van der Waals surface area contributed by atoms with Crippen LogP contribution in [-0.2, 0) is 6.54 Å². The standard InChI is InChI=1S/C14H17F2N3O/c1-10(2)17-9-11-7-8-19(18-11)12-3-5-13(6-4-12)20-14(15)16/h3-8,10,14,17H,9H2,1-2H3. The Morgan fingerprint density at radius 3 is 2.50 bits per heavy atom. The number of alkyl halides is 2. The lowest BCUT2D eigenvalue weighted by Crippen LogP contribution is -2.22. The predicted octanol–water partition coefficient (Wildman–Crippen LogP) is 2.97. The van der Waals surface area contributed by atoms with Crippen LogP contribution in [0.2, 0.25) is 0 Å². The highest BCUT2D eigenvalue weighted by molar-refractivity contribution is 5.36.